The Balaban J connectivity index is 2.32. The number of halogens is 4. The molecular formula is C15H12F4N2O3S. The van der Waals surface area contributed by atoms with Gasteiger partial charge in [0, 0.05) is 12.6 Å². The van der Waals surface area contributed by atoms with Crippen LogP contribution in [0.2, 0.25) is 0 Å². The number of anilines is 2. The first kappa shape index (κ1) is 18.7. The van der Waals surface area contributed by atoms with E-state index in [1.807, 2.05) is 0 Å². The molecule has 134 valence electrons. The van der Waals surface area contributed by atoms with Crippen LogP contribution in [0.1, 0.15) is 12.5 Å². The molecule has 0 heterocycles. The molecule has 0 saturated carbocycles. The predicted octanol–water partition coefficient (Wildman–Crippen LogP) is 3.60. The van der Waals surface area contributed by atoms with Gasteiger partial charge in [-0.15, -0.1) is 0 Å². The van der Waals surface area contributed by atoms with E-state index in [4.69, 9.17) is 0 Å². The van der Waals surface area contributed by atoms with Gasteiger partial charge in [0.05, 0.1) is 16.1 Å². The molecule has 0 spiro atoms. The molecule has 0 atom stereocenters. The fourth-order valence-electron chi connectivity index (χ4n) is 1.95. The number of hydrogen-bond acceptors (Lipinski definition) is 3. The first-order valence-electron chi connectivity index (χ1n) is 6.77. The summed E-state index contributed by atoms with van der Waals surface area (Å²) in [4.78, 5) is 10.6. The predicted molar refractivity (Wildman–Crippen MR) is 83.0 cm³/mol. The maximum absolute atomic E-state index is 13.9. The van der Waals surface area contributed by atoms with Crippen LogP contribution in [0.15, 0.2) is 47.4 Å². The number of rotatable bonds is 4. The van der Waals surface area contributed by atoms with Crippen LogP contribution in [0.25, 0.3) is 0 Å². The molecule has 2 rings (SSSR count). The molecule has 25 heavy (non-hydrogen) atoms. The van der Waals surface area contributed by atoms with E-state index < -0.39 is 33.3 Å². The summed E-state index contributed by atoms with van der Waals surface area (Å²) < 4.78 is 78.2. The van der Waals surface area contributed by atoms with Crippen LogP contribution >= 0.6 is 0 Å². The third-order valence-electron chi connectivity index (χ3n) is 3.03. The van der Waals surface area contributed by atoms with Crippen LogP contribution < -0.4 is 10.0 Å². The van der Waals surface area contributed by atoms with Crippen LogP contribution in [-0.4, -0.2) is 14.3 Å². The zero-order chi connectivity index (χ0) is 18.8. The Morgan fingerprint density at radius 3 is 2.16 bits per heavy atom. The highest BCUT2D eigenvalue weighted by molar-refractivity contribution is 7.92. The van der Waals surface area contributed by atoms with Crippen LogP contribution in [0.3, 0.4) is 0 Å². The summed E-state index contributed by atoms with van der Waals surface area (Å²) in [6.07, 6.45) is -4.95. The Bertz CT molecular complexity index is 894. The van der Waals surface area contributed by atoms with Crippen molar-refractivity contribution >= 4 is 27.3 Å². The van der Waals surface area contributed by atoms with Crippen LogP contribution in [-0.2, 0) is 21.0 Å². The summed E-state index contributed by atoms with van der Waals surface area (Å²) in [5, 5.41) is 2.43. The van der Waals surface area contributed by atoms with Crippen molar-refractivity contribution < 1.29 is 30.8 Å². The highest BCUT2D eigenvalue weighted by Crippen LogP contribution is 2.34. The number of nitrogens with one attached hydrogen (secondary N) is 2. The topological polar surface area (TPSA) is 75.3 Å². The number of sulfonamides is 1. The number of amides is 1. The van der Waals surface area contributed by atoms with E-state index in [-0.39, 0.29) is 10.8 Å². The largest absolute Gasteiger partial charge is 0.419 e. The maximum Gasteiger partial charge on any atom is 0.419 e. The minimum atomic E-state index is -4.95. The van der Waals surface area contributed by atoms with Crippen molar-refractivity contribution in [1.82, 2.24) is 0 Å². The SMILES string of the molecule is CC(=O)Nc1ccc(S(=O)(=O)Nc2cccc(C(F)(F)F)c2F)cc1. The highest BCUT2D eigenvalue weighted by atomic mass is 32.2. The van der Waals surface area contributed by atoms with Crippen molar-refractivity contribution in [3.05, 3.63) is 53.8 Å². The maximum atomic E-state index is 13.9. The number of hydrogen-bond donors (Lipinski definition) is 2. The van der Waals surface area contributed by atoms with Crippen molar-refractivity contribution in [1.29, 1.82) is 0 Å². The van der Waals surface area contributed by atoms with E-state index in [0.29, 0.717) is 11.8 Å². The quantitative estimate of drug-likeness (QED) is 0.801. The summed E-state index contributed by atoms with van der Waals surface area (Å²) in [5.74, 6) is -2.08. The van der Waals surface area contributed by atoms with Gasteiger partial charge in [0.15, 0.2) is 5.82 Å². The van der Waals surface area contributed by atoms with Gasteiger partial charge in [-0.1, -0.05) is 6.07 Å². The highest BCUT2D eigenvalue weighted by Gasteiger charge is 2.35. The van der Waals surface area contributed by atoms with Crippen molar-refractivity contribution in [3.63, 3.8) is 0 Å². The van der Waals surface area contributed by atoms with E-state index in [0.717, 1.165) is 24.3 Å². The molecule has 0 unspecified atom stereocenters. The molecule has 0 saturated heterocycles. The molecule has 0 aliphatic carbocycles. The molecule has 5 nitrogen and oxygen atoms in total. The summed E-state index contributed by atoms with van der Waals surface area (Å²) >= 11 is 0. The molecule has 10 heteroatoms. The van der Waals surface area contributed by atoms with Gasteiger partial charge in [-0.2, -0.15) is 13.2 Å². The molecule has 0 aliphatic rings. The molecule has 0 fully saturated rings. The van der Waals surface area contributed by atoms with E-state index in [1.165, 1.54) is 19.1 Å². The summed E-state index contributed by atoms with van der Waals surface area (Å²) in [6, 6.07) is 7.11. The molecule has 0 aliphatic heterocycles. The van der Waals surface area contributed by atoms with E-state index in [1.54, 1.807) is 4.72 Å². The molecule has 0 aromatic heterocycles. The van der Waals surface area contributed by atoms with Crippen molar-refractivity contribution in [2.45, 2.75) is 18.0 Å². The lowest BCUT2D eigenvalue weighted by Crippen LogP contribution is -2.16. The molecule has 1 amide bonds. The Morgan fingerprint density at radius 2 is 1.64 bits per heavy atom. The lowest BCUT2D eigenvalue weighted by atomic mass is 10.2. The van der Waals surface area contributed by atoms with Gasteiger partial charge in [0.1, 0.15) is 0 Å². The minimum Gasteiger partial charge on any atom is -0.326 e. The van der Waals surface area contributed by atoms with Crippen LogP contribution in [0, 0.1) is 5.82 Å². The number of benzene rings is 2. The van der Waals surface area contributed by atoms with Gasteiger partial charge in [-0.3, -0.25) is 9.52 Å². The Kier molecular flexibility index (Phi) is 5.02. The van der Waals surface area contributed by atoms with Gasteiger partial charge >= 0.3 is 6.18 Å². The van der Waals surface area contributed by atoms with Crippen molar-refractivity contribution in [2.75, 3.05) is 10.0 Å². The lowest BCUT2D eigenvalue weighted by molar-refractivity contribution is -0.139. The third-order valence-corrected chi connectivity index (χ3v) is 4.41. The van der Waals surface area contributed by atoms with Gasteiger partial charge in [-0.25, -0.2) is 12.8 Å². The van der Waals surface area contributed by atoms with Crippen LogP contribution in [0.5, 0.6) is 0 Å². The first-order chi connectivity index (χ1) is 11.5. The summed E-state index contributed by atoms with van der Waals surface area (Å²) in [6.45, 7) is 1.27. The molecule has 2 aromatic carbocycles. The number of carbonyl (C=O) groups is 1. The van der Waals surface area contributed by atoms with Crippen LogP contribution in [0.4, 0.5) is 28.9 Å². The average molecular weight is 376 g/mol. The standard InChI is InChI=1S/C15H12F4N2O3S/c1-9(22)20-10-5-7-11(8-6-10)25(23,24)21-13-4-2-3-12(14(13)16)15(17,18)19/h2-8,21H,1H3,(H,20,22). The molecule has 0 radical (unpaired) electrons. The normalized spacial score (nSPS) is 11.9. The molecule has 2 N–H and O–H groups in total. The third kappa shape index (κ3) is 4.47. The van der Waals surface area contributed by atoms with Gasteiger partial charge in [0.2, 0.25) is 5.91 Å². The lowest BCUT2D eigenvalue weighted by Gasteiger charge is -2.13. The van der Waals surface area contributed by atoms with Crippen molar-refractivity contribution in [2.24, 2.45) is 0 Å². The Morgan fingerprint density at radius 1 is 1.04 bits per heavy atom. The monoisotopic (exact) mass is 376 g/mol. The summed E-state index contributed by atoms with van der Waals surface area (Å²) in [5.41, 5.74) is -2.06. The molecule has 0 bridgehead atoms. The second-order valence-corrected chi connectivity index (χ2v) is 6.66. The molecular weight excluding hydrogens is 364 g/mol. The van der Waals surface area contributed by atoms with E-state index >= 15 is 0 Å². The fourth-order valence-corrected chi connectivity index (χ4v) is 3.01. The second kappa shape index (κ2) is 6.71. The zero-order valence-electron chi connectivity index (χ0n) is 12.7. The number of carbonyl (C=O) groups excluding carboxylic acids is 1. The minimum absolute atomic E-state index is 0.307. The van der Waals surface area contributed by atoms with E-state index in [9.17, 15) is 30.8 Å². The average Bonchev–Trinajstić information content (AvgIpc) is 2.48. The molecule has 2 aromatic rings. The van der Waals surface area contributed by atoms with Gasteiger partial charge in [-0.05, 0) is 36.4 Å². The first-order valence-corrected chi connectivity index (χ1v) is 8.25. The smallest absolute Gasteiger partial charge is 0.326 e. The van der Waals surface area contributed by atoms with Gasteiger partial charge < -0.3 is 5.32 Å². The Labute approximate surface area is 140 Å². The zero-order valence-corrected chi connectivity index (χ0v) is 13.5. The fraction of sp³-hybridized carbons (Fsp3) is 0.133. The van der Waals surface area contributed by atoms with Crippen molar-refractivity contribution in [3.8, 4) is 0 Å². The van der Waals surface area contributed by atoms with E-state index in [2.05, 4.69) is 5.32 Å². The second-order valence-electron chi connectivity index (χ2n) is 4.98. The van der Waals surface area contributed by atoms with Gasteiger partial charge in [0.25, 0.3) is 10.0 Å². The summed E-state index contributed by atoms with van der Waals surface area (Å²) in [7, 11) is -4.31. The number of alkyl halides is 3. The Hall–Kier alpha value is -2.62.